The van der Waals surface area contributed by atoms with Gasteiger partial charge in [-0.2, -0.15) is 0 Å². The second-order valence-electron chi connectivity index (χ2n) is 5.03. The Bertz CT molecular complexity index is 146. The van der Waals surface area contributed by atoms with Crippen molar-refractivity contribution < 1.29 is 4.79 Å². The van der Waals surface area contributed by atoms with Crippen LogP contribution in [0.1, 0.15) is 81.6 Å². The lowest BCUT2D eigenvalue weighted by molar-refractivity contribution is -0.119. The average Bonchev–Trinajstić information content (AvgIpc) is 2.21. The standard InChI is InChI=1S/C8H18.C5H10O.C2H6/c1-5-7-8(3,4)6-2;1-4(2)5(3)6;1-2/h5-7H2,1-4H3;4H,1-3H3;1-2H3. The van der Waals surface area contributed by atoms with Crippen LogP contribution < -0.4 is 0 Å². The second kappa shape index (κ2) is 12.7. The van der Waals surface area contributed by atoms with E-state index in [1.807, 2.05) is 27.7 Å². The largest absolute Gasteiger partial charge is 0.300 e. The van der Waals surface area contributed by atoms with E-state index in [-0.39, 0.29) is 11.7 Å². The predicted molar refractivity (Wildman–Crippen MR) is 75.8 cm³/mol. The molecule has 0 bridgehead atoms. The van der Waals surface area contributed by atoms with E-state index < -0.39 is 0 Å². The third kappa shape index (κ3) is 19.3. The Labute approximate surface area is 104 Å². The number of rotatable bonds is 4. The molecule has 0 spiro atoms. The van der Waals surface area contributed by atoms with Gasteiger partial charge < -0.3 is 0 Å². The molecule has 0 heterocycles. The molecule has 0 aromatic rings. The van der Waals surface area contributed by atoms with Crippen LogP contribution in [-0.2, 0) is 4.79 Å². The first-order chi connectivity index (χ1) is 7.26. The number of carbonyl (C=O) groups is 1. The molecule has 0 amide bonds. The molecule has 0 radical (unpaired) electrons. The molecule has 0 unspecified atom stereocenters. The van der Waals surface area contributed by atoms with Crippen LogP contribution >= 0.6 is 0 Å². The predicted octanol–water partition coefficient (Wildman–Crippen LogP) is 5.48. The van der Waals surface area contributed by atoms with Crippen molar-refractivity contribution in [3.63, 3.8) is 0 Å². The van der Waals surface area contributed by atoms with Gasteiger partial charge in [-0.15, -0.1) is 0 Å². The van der Waals surface area contributed by atoms with Crippen LogP contribution in [0.2, 0.25) is 0 Å². The number of carbonyl (C=O) groups excluding carboxylic acids is 1. The van der Waals surface area contributed by atoms with Crippen LogP contribution in [0.4, 0.5) is 0 Å². The van der Waals surface area contributed by atoms with Gasteiger partial charge >= 0.3 is 0 Å². The Balaban J connectivity index is -0.000000188. The van der Waals surface area contributed by atoms with Crippen LogP contribution in [0, 0.1) is 11.3 Å². The first-order valence-corrected chi connectivity index (χ1v) is 6.77. The van der Waals surface area contributed by atoms with Crippen LogP contribution in [0.25, 0.3) is 0 Å². The summed E-state index contributed by atoms with van der Waals surface area (Å²) in [6.07, 6.45) is 3.99. The summed E-state index contributed by atoms with van der Waals surface area (Å²) in [6, 6.07) is 0. The van der Waals surface area contributed by atoms with Gasteiger partial charge in [-0.1, -0.05) is 68.2 Å². The summed E-state index contributed by atoms with van der Waals surface area (Å²) >= 11 is 0. The zero-order valence-electron chi connectivity index (χ0n) is 13.1. The van der Waals surface area contributed by atoms with Crippen molar-refractivity contribution in [2.24, 2.45) is 11.3 Å². The van der Waals surface area contributed by atoms with E-state index in [0.29, 0.717) is 5.41 Å². The Kier molecular flexibility index (Phi) is 16.7. The van der Waals surface area contributed by atoms with Gasteiger partial charge in [0.25, 0.3) is 0 Å². The van der Waals surface area contributed by atoms with E-state index in [0.717, 1.165) is 0 Å². The molecular weight excluding hydrogens is 196 g/mol. The maximum atomic E-state index is 10.1. The Hall–Kier alpha value is -0.330. The zero-order chi connectivity index (χ0) is 13.8. The maximum absolute atomic E-state index is 10.1. The van der Waals surface area contributed by atoms with Gasteiger partial charge in [0.15, 0.2) is 0 Å². The highest BCUT2D eigenvalue weighted by Gasteiger charge is 2.11. The highest BCUT2D eigenvalue weighted by molar-refractivity contribution is 5.77. The van der Waals surface area contributed by atoms with Crippen molar-refractivity contribution in [1.82, 2.24) is 0 Å². The fourth-order valence-electron chi connectivity index (χ4n) is 0.854. The SMILES string of the molecule is CC.CC(=O)C(C)C.CCCC(C)(C)CC. The van der Waals surface area contributed by atoms with Crippen molar-refractivity contribution >= 4 is 5.78 Å². The molecule has 1 nitrogen and oxygen atoms in total. The molecule has 0 N–H and O–H groups in total. The highest BCUT2D eigenvalue weighted by Crippen LogP contribution is 2.25. The third-order valence-corrected chi connectivity index (χ3v) is 2.70. The van der Waals surface area contributed by atoms with Gasteiger partial charge in [0.2, 0.25) is 0 Å². The van der Waals surface area contributed by atoms with Crippen molar-refractivity contribution in [1.29, 1.82) is 0 Å². The molecular formula is C15H34O. The summed E-state index contributed by atoms with van der Waals surface area (Å²) in [5, 5.41) is 0. The summed E-state index contributed by atoms with van der Waals surface area (Å²) in [5.41, 5.74) is 0.592. The van der Waals surface area contributed by atoms with Crippen molar-refractivity contribution in [3.05, 3.63) is 0 Å². The molecule has 100 valence electrons. The second-order valence-corrected chi connectivity index (χ2v) is 5.03. The summed E-state index contributed by atoms with van der Waals surface area (Å²) < 4.78 is 0. The van der Waals surface area contributed by atoms with Crippen LogP contribution in [0.5, 0.6) is 0 Å². The first kappa shape index (κ1) is 21.0. The van der Waals surface area contributed by atoms with Crippen molar-refractivity contribution in [2.75, 3.05) is 0 Å². The van der Waals surface area contributed by atoms with E-state index in [9.17, 15) is 4.79 Å². The maximum Gasteiger partial charge on any atom is 0.132 e. The lowest BCUT2D eigenvalue weighted by Crippen LogP contribution is -2.07. The normalized spacial score (nSPS) is 9.88. The summed E-state index contributed by atoms with van der Waals surface area (Å²) in [5.74, 6) is 0.472. The molecule has 0 aromatic heterocycles. The minimum atomic E-state index is 0.213. The van der Waals surface area contributed by atoms with Crippen LogP contribution in [-0.4, -0.2) is 5.78 Å². The van der Waals surface area contributed by atoms with Crippen LogP contribution in [0.15, 0.2) is 0 Å². The molecule has 0 saturated carbocycles. The fraction of sp³-hybridized carbons (Fsp3) is 0.933. The molecule has 16 heavy (non-hydrogen) atoms. The molecule has 0 fully saturated rings. The topological polar surface area (TPSA) is 17.1 Å². The van der Waals surface area contributed by atoms with Crippen LogP contribution in [0.3, 0.4) is 0 Å². The fourth-order valence-corrected chi connectivity index (χ4v) is 0.854. The smallest absolute Gasteiger partial charge is 0.132 e. The summed E-state index contributed by atoms with van der Waals surface area (Å²) in [6.45, 7) is 18.6. The number of hydrogen-bond donors (Lipinski definition) is 0. The molecule has 0 atom stereocenters. The van der Waals surface area contributed by atoms with E-state index in [1.54, 1.807) is 6.92 Å². The molecule has 1 heteroatoms. The van der Waals surface area contributed by atoms with E-state index in [2.05, 4.69) is 27.7 Å². The zero-order valence-corrected chi connectivity index (χ0v) is 13.1. The summed E-state index contributed by atoms with van der Waals surface area (Å²) in [4.78, 5) is 10.1. The lowest BCUT2D eigenvalue weighted by atomic mass is 9.86. The Morgan fingerprint density at radius 1 is 1.12 bits per heavy atom. The minimum absolute atomic E-state index is 0.213. The van der Waals surface area contributed by atoms with Gasteiger partial charge in [0.05, 0.1) is 0 Å². The molecule has 0 aliphatic rings. The van der Waals surface area contributed by atoms with E-state index >= 15 is 0 Å². The lowest BCUT2D eigenvalue weighted by Gasteiger charge is -2.20. The minimum Gasteiger partial charge on any atom is -0.300 e. The molecule has 0 aromatic carbocycles. The quantitative estimate of drug-likeness (QED) is 0.625. The van der Waals surface area contributed by atoms with Gasteiger partial charge in [0.1, 0.15) is 5.78 Å². The number of ketones is 1. The van der Waals surface area contributed by atoms with E-state index in [1.165, 1.54) is 19.3 Å². The van der Waals surface area contributed by atoms with Gasteiger partial charge in [0, 0.05) is 5.92 Å². The average molecular weight is 230 g/mol. The molecule has 0 aliphatic heterocycles. The highest BCUT2D eigenvalue weighted by atomic mass is 16.1. The molecule has 0 aliphatic carbocycles. The van der Waals surface area contributed by atoms with Gasteiger partial charge in [-0.3, -0.25) is 4.79 Å². The van der Waals surface area contributed by atoms with E-state index in [4.69, 9.17) is 0 Å². The number of hydrogen-bond acceptors (Lipinski definition) is 1. The summed E-state index contributed by atoms with van der Waals surface area (Å²) in [7, 11) is 0. The Morgan fingerprint density at radius 2 is 1.44 bits per heavy atom. The van der Waals surface area contributed by atoms with Gasteiger partial charge in [-0.05, 0) is 18.8 Å². The van der Waals surface area contributed by atoms with Gasteiger partial charge in [-0.25, -0.2) is 0 Å². The van der Waals surface area contributed by atoms with Crippen molar-refractivity contribution in [2.45, 2.75) is 81.6 Å². The Morgan fingerprint density at radius 3 is 1.50 bits per heavy atom. The first-order valence-electron chi connectivity index (χ1n) is 6.77. The third-order valence-electron chi connectivity index (χ3n) is 2.70. The van der Waals surface area contributed by atoms with Crippen molar-refractivity contribution in [3.8, 4) is 0 Å². The molecule has 0 rings (SSSR count). The monoisotopic (exact) mass is 230 g/mol. The molecule has 0 saturated heterocycles. The number of Topliss-reactive ketones (excluding diaryl/α,β-unsaturated/α-hetero) is 1.